The first-order valence-corrected chi connectivity index (χ1v) is 9.66. The van der Waals surface area contributed by atoms with E-state index in [0.29, 0.717) is 0 Å². The monoisotopic (exact) mass is 463 g/mol. The van der Waals surface area contributed by atoms with Gasteiger partial charge >= 0.3 is 6.18 Å². The third-order valence-electron chi connectivity index (χ3n) is 5.85. The molecule has 1 aromatic carbocycles. The summed E-state index contributed by atoms with van der Waals surface area (Å²) >= 11 is 0. The van der Waals surface area contributed by atoms with Crippen molar-refractivity contribution in [3.8, 4) is 6.07 Å². The van der Waals surface area contributed by atoms with Gasteiger partial charge in [0.15, 0.2) is 0 Å². The van der Waals surface area contributed by atoms with Crippen LogP contribution in [0.25, 0.3) is 0 Å². The molecule has 33 heavy (non-hydrogen) atoms. The number of nitrogens with one attached hydrogen (secondary N) is 1. The minimum absolute atomic E-state index is 0.0142. The van der Waals surface area contributed by atoms with E-state index < -0.39 is 54.2 Å². The van der Waals surface area contributed by atoms with Gasteiger partial charge in [0.1, 0.15) is 23.1 Å². The maximum Gasteiger partial charge on any atom is 0.431 e. The molecule has 3 N–H and O–H groups in total. The van der Waals surface area contributed by atoms with E-state index >= 15 is 0 Å². The highest BCUT2D eigenvalue weighted by Crippen LogP contribution is 2.54. The predicted molar refractivity (Wildman–Crippen MR) is 106 cm³/mol. The smallest absolute Gasteiger partial charge is 0.431 e. The molecule has 1 aromatic heterocycles. The molecule has 4 rings (SSSR count). The molecule has 3 unspecified atom stereocenters. The van der Waals surface area contributed by atoms with Crippen LogP contribution in [0.4, 0.5) is 23.2 Å². The lowest BCUT2D eigenvalue weighted by Gasteiger charge is -2.46. The van der Waals surface area contributed by atoms with Gasteiger partial charge in [-0.05, 0) is 37.3 Å². The normalized spacial score (nSPS) is 26.5. The fourth-order valence-corrected chi connectivity index (χ4v) is 4.16. The zero-order valence-corrected chi connectivity index (χ0v) is 17.1. The average molecular weight is 463 g/mol. The highest BCUT2D eigenvalue weighted by Gasteiger charge is 2.71. The third kappa shape index (κ3) is 3.64. The fraction of sp³-hybridized carbons (Fsp3) is 0.333. The molecule has 2 aliphatic heterocycles. The Morgan fingerprint density at radius 2 is 2.09 bits per heavy atom. The lowest BCUT2D eigenvalue weighted by molar-refractivity contribution is -0.274. The summed E-state index contributed by atoms with van der Waals surface area (Å²) in [6.45, 7) is 0.113. The molecule has 0 bridgehead atoms. The Hall–Kier alpha value is -3.72. The second-order valence-electron chi connectivity index (χ2n) is 7.85. The number of nitriles is 1. The number of anilines is 1. The Morgan fingerprint density at radius 3 is 2.73 bits per heavy atom. The van der Waals surface area contributed by atoms with Crippen LogP contribution in [-0.2, 0) is 15.0 Å². The van der Waals surface area contributed by atoms with Gasteiger partial charge in [-0.2, -0.15) is 18.4 Å². The number of halogens is 4. The molecule has 2 aromatic rings. The van der Waals surface area contributed by atoms with Gasteiger partial charge in [0.25, 0.3) is 11.9 Å². The van der Waals surface area contributed by atoms with Gasteiger partial charge in [0.05, 0.1) is 24.7 Å². The van der Waals surface area contributed by atoms with E-state index in [2.05, 4.69) is 15.3 Å². The van der Waals surface area contributed by atoms with Crippen LogP contribution in [-0.4, -0.2) is 41.9 Å². The number of pyridine rings is 1. The van der Waals surface area contributed by atoms with Crippen molar-refractivity contribution in [1.29, 1.82) is 5.26 Å². The van der Waals surface area contributed by atoms with Crippen LogP contribution in [0.15, 0.2) is 41.5 Å². The second-order valence-corrected chi connectivity index (χ2v) is 7.85. The number of hydrogen-bond acceptors (Lipinski definition) is 7. The molecule has 1 saturated heterocycles. The summed E-state index contributed by atoms with van der Waals surface area (Å²) in [4.78, 5) is 20.4. The summed E-state index contributed by atoms with van der Waals surface area (Å²) in [5.41, 5.74) is 1.14. The quantitative estimate of drug-likeness (QED) is 0.675. The summed E-state index contributed by atoms with van der Waals surface area (Å²) in [5, 5.41) is 11.3. The number of carbonyl (C=O) groups excluding carboxylic acids is 1. The topological polar surface area (TPSA) is 123 Å². The first kappa shape index (κ1) is 22.5. The van der Waals surface area contributed by atoms with Crippen molar-refractivity contribution in [3.63, 3.8) is 0 Å². The summed E-state index contributed by atoms with van der Waals surface area (Å²) < 4.78 is 67.0. The summed E-state index contributed by atoms with van der Waals surface area (Å²) in [7, 11) is 0. The van der Waals surface area contributed by atoms with Crippen LogP contribution in [0, 0.1) is 23.1 Å². The number of rotatable bonds is 3. The molecular formula is C21H17F4N5O3. The first-order chi connectivity index (χ1) is 15.5. The number of carbonyl (C=O) groups is 1. The Labute approximate surface area is 185 Å². The third-order valence-corrected chi connectivity index (χ3v) is 5.85. The lowest BCUT2D eigenvalue weighted by atomic mass is 9.71. The van der Waals surface area contributed by atoms with Crippen LogP contribution in [0.5, 0.6) is 0 Å². The number of ether oxygens (including phenoxy) is 2. The van der Waals surface area contributed by atoms with Crippen molar-refractivity contribution < 1.29 is 31.8 Å². The van der Waals surface area contributed by atoms with Crippen molar-refractivity contribution in [1.82, 2.24) is 4.98 Å². The Kier molecular flexibility index (Phi) is 5.24. The van der Waals surface area contributed by atoms with E-state index in [0.717, 1.165) is 6.07 Å². The molecule has 0 radical (unpaired) electrons. The fourth-order valence-electron chi connectivity index (χ4n) is 4.16. The average Bonchev–Trinajstić information content (AvgIpc) is 3.21. The van der Waals surface area contributed by atoms with Gasteiger partial charge in [-0.25, -0.2) is 14.4 Å². The molecule has 0 saturated carbocycles. The molecule has 1 fully saturated rings. The molecule has 8 nitrogen and oxygen atoms in total. The van der Waals surface area contributed by atoms with Gasteiger partial charge in [0.2, 0.25) is 5.60 Å². The highest BCUT2D eigenvalue weighted by molar-refractivity contribution is 6.02. The Morgan fingerprint density at radius 1 is 1.33 bits per heavy atom. The number of hydrogen-bond donors (Lipinski definition) is 2. The molecule has 0 spiro atoms. The number of aliphatic imine (C=N–C) groups is 1. The molecule has 12 heteroatoms. The molecule has 172 valence electrons. The van der Waals surface area contributed by atoms with Crippen LogP contribution >= 0.6 is 0 Å². The molecule has 3 heterocycles. The Bertz CT molecular complexity index is 1180. The second kappa shape index (κ2) is 7.70. The highest BCUT2D eigenvalue weighted by atomic mass is 19.4. The maximum atomic E-state index is 14.9. The van der Waals surface area contributed by atoms with Crippen molar-refractivity contribution in [3.05, 3.63) is 59.2 Å². The van der Waals surface area contributed by atoms with Crippen LogP contribution in [0.2, 0.25) is 0 Å². The summed E-state index contributed by atoms with van der Waals surface area (Å²) in [5.74, 6) is -2.93. The maximum absolute atomic E-state index is 14.9. The van der Waals surface area contributed by atoms with E-state index in [4.69, 9.17) is 20.5 Å². The van der Waals surface area contributed by atoms with Crippen molar-refractivity contribution in [2.75, 3.05) is 18.5 Å². The molecule has 3 atom stereocenters. The van der Waals surface area contributed by atoms with E-state index in [1.165, 1.54) is 37.4 Å². The van der Waals surface area contributed by atoms with Gasteiger partial charge in [0, 0.05) is 17.4 Å². The van der Waals surface area contributed by atoms with E-state index in [9.17, 15) is 22.4 Å². The minimum atomic E-state index is -4.86. The predicted octanol–water partition coefficient (Wildman–Crippen LogP) is 2.85. The summed E-state index contributed by atoms with van der Waals surface area (Å²) in [6.07, 6.45) is -3.65. The van der Waals surface area contributed by atoms with E-state index in [1.807, 2.05) is 6.07 Å². The van der Waals surface area contributed by atoms with E-state index in [1.54, 1.807) is 0 Å². The van der Waals surface area contributed by atoms with Gasteiger partial charge in [-0.3, -0.25) is 4.79 Å². The standard InChI is InChI=1S/C21H17F4N5O3/c1-19(16-9-32-10-20(16,21(23,24)25)33-18(27)30-19)13-6-12(3-4-14(13)22)29-17(31)15-5-2-11(7-26)8-28-15/h2-6,8,16H,9-10H2,1H3,(H2,27,30)(H,29,31). The zero-order chi connectivity index (χ0) is 24.0. The zero-order valence-electron chi connectivity index (χ0n) is 17.1. The number of amides is 1. The van der Waals surface area contributed by atoms with Crippen molar-refractivity contribution in [2.24, 2.45) is 16.6 Å². The number of aromatic nitrogens is 1. The number of amidine groups is 1. The van der Waals surface area contributed by atoms with Crippen LogP contribution in [0.3, 0.4) is 0 Å². The Balaban J connectivity index is 1.72. The number of nitrogens with zero attached hydrogens (tertiary/aromatic N) is 3. The minimum Gasteiger partial charge on any atom is -0.446 e. The van der Waals surface area contributed by atoms with Gasteiger partial charge < -0.3 is 20.5 Å². The van der Waals surface area contributed by atoms with Crippen LogP contribution < -0.4 is 11.1 Å². The lowest BCUT2D eigenvalue weighted by Crippen LogP contribution is -2.63. The molecule has 2 aliphatic rings. The number of benzene rings is 1. The SMILES string of the molecule is CC1(c2cc(NC(=O)c3ccc(C#N)cn3)ccc2F)N=C(N)OC2(C(F)(F)F)COCC12. The number of fused-ring (bicyclic) bond motifs is 1. The first-order valence-electron chi connectivity index (χ1n) is 9.66. The molecule has 0 aliphatic carbocycles. The molecule has 1 amide bonds. The number of nitrogens with two attached hydrogens (primary N) is 1. The van der Waals surface area contributed by atoms with Gasteiger partial charge in [-0.15, -0.1) is 0 Å². The van der Waals surface area contributed by atoms with Gasteiger partial charge in [-0.1, -0.05) is 0 Å². The number of alkyl halides is 3. The summed E-state index contributed by atoms with van der Waals surface area (Å²) in [6, 6.07) is 7.31. The molecular weight excluding hydrogens is 446 g/mol. The van der Waals surface area contributed by atoms with E-state index in [-0.39, 0.29) is 22.5 Å². The largest absolute Gasteiger partial charge is 0.446 e. The van der Waals surface area contributed by atoms with Crippen LogP contribution in [0.1, 0.15) is 28.5 Å². The van der Waals surface area contributed by atoms with Crippen molar-refractivity contribution in [2.45, 2.75) is 24.2 Å². The van der Waals surface area contributed by atoms with Crippen molar-refractivity contribution >= 4 is 17.6 Å².